The van der Waals surface area contributed by atoms with Crippen molar-refractivity contribution in [3.05, 3.63) is 203 Å². The average molecular weight is 973 g/mol. The molecule has 3 aromatic carbocycles. The number of aromatic nitrogens is 6. The van der Waals surface area contributed by atoms with Crippen LogP contribution < -0.4 is 15.4 Å². The number of carbonyl (C=O) groups is 4. The van der Waals surface area contributed by atoms with Gasteiger partial charge in [-0.1, -0.05) is 79.7 Å². The van der Waals surface area contributed by atoms with Gasteiger partial charge in [-0.15, -0.1) is 12.3 Å². The zero-order valence-corrected chi connectivity index (χ0v) is 40.0. The van der Waals surface area contributed by atoms with E-state index in [1.54, 1.807) is 76.9 Å². The third-order valence-electron chi connectivity index (χ3n) is 13.1. The van der Waals surface area contributed by atoms with E-state index in [1.165, 1.54) is 6.20 Å². The molecular formula is C57H52N10O6. The van der Waals surface area contributed by atoms with E-state index in [1.807, 2.05) is 61.5 Å². The van der Waals surface area contributed by atoms with Gasteiger partial charge in [0.05, 0.1) is 49.6 Å². The van der Waals surface area contributed by atoms with Crippen molar-refractivity contribution in [2.24, 2.45) is 0 Å². The molecule has 0 bridgehead atoms. The molecule has 3 aliphatic rings. The van der Waals surface area contributed by atoms with Gasteiger partial charge in [0.1, 0.15) is 47.5 Å². The number of H-pyrrole nitrogens is 2. The summed E-state index contributed by atoms with van der Waals surface area (Å²) >= 11 is 0. The van der Waals surface area contributed by atoms with Gasteiger partial charge in [0.15, 0.2) is 0 Å². The van der Waals surface area contributed by atoms with Crippen LogP contribution in [0.3, 0.4) is 0 Å². The van der Waals surface area contributed by atoms with E-state index < -0.39 is 23.9 Å². The van der Waals surface area contributed by atoms with Gasteiger partial charge >= 0.3 is 0 Å². The van der Waals surface area contributed by atoms with Crippen LogP contribution in [0.4, 0.5) is 0 Å². The second-order valence-corrected chi connectivity index (χ2v) is 18.0. The quantitative estimate of drug-likeness (QED) is 0.0628. The van der Waals surface area contributed by atoms with Crippen molar-refractivity contribution >= 4 is 29.2 Å². The van der Waals surface area contributed by atoms with Crippen LogP contribution in [0.2, 0.25) is 0 Å². The van der Waals surface area contributed by atoms with Gasteiger partial charge in [0, 0.05) is 48.9 Å². The van der Waals surface area contributed by atoms with Crippen molar-refractivity contribution in [1.82, 2.24) is 50.3 Å². The predicted octanol–water partition coefficient (Wildman–Crippen LogP) is 7.42. The Hall–Kier alpha value is -8.94. The van der Waals surface area contributed by atoms with E-state index in [0.29, 0.717) is 55.4 Å². The fraction of sp³-hybridized carbons (Fsp3) is 0.228. The summed E-state index contributed by atoms with van der Waals surface area (Å²) in [6.45, 7) is 3.70. The van der Waals surface area contributed by atoms with Gasteiger partial charge in [-0.05, 0) is 82.8 Å². The van der Waals surface area contributed by atoms with Crippen molar-refractivity contribution in [2.45, 2.75) is 63.6 Å². The van der Waals surface area contributed by atoms with E-state index in [-0.39, 0.29) is 54.9 Å². The molecule has 4 amide bonds. The lowest BCUT2D eigenvalue weighted by Gasteiger charge is -2.40. The number of hydrogen-bond acceptors (Lipinski definition) is 10. The molecule has 4 atom stereocenters. The number of allylic oxidation sites excluding steroid dienone is 2. The van der Waals surface area contributed by atoms with Gasteiger partial charge < -0.3 is 39.9 Å². The normalized spacial score (nSPS) is 16.0. The van der Waals surface area contributed by atoms with Gasteiger partial charge in [0.2, 0.25) is 11.8 Å². The summed E-state index contributed by atoms with van der Waals surface area (Å²) in [5.74, 6) is 2.98. The summed E-state index contributed by atoms with van der Waals surface area (Å²) in [5, 5.41) is 5.82. The minimum atomic E-state index is -1.000. The molecule has 7 aromatic rings. The number of terminal acetylenes is 1. The van der Waals surface area contributed by atoms with E-state index >= 15 is 0 Å². The zero-order chi connectivity index (χ0) is 50.3. The topological polar surface area (TPSA) is 200 Å². The number of hydrogen-bond donors (Lipinski definition) is 4. The van der Waals surface area contributed by atoms with Crippen LogP contribution in [0.25, 0.3) is 16.8 Å². The molecular weight excluding hydrogens is 921 g/mol. The van der Waals surface area contributed by atoms with Crippen LogP contribution in [-0.2, 0) is 34.0 Å². The number of aromatic amines is 2. The first-order valence-electron chi connectivity index (χ1n) is 24.2. The van der Waals surface area contributed by atoms with E-state index in [9.17, 15) is 19.2 Å². The lowest BCUT2D eigenvalue weighted by Crippen LogP contribution is -2.43. The van der Waals surface area contributed by atoms with Gasteiger partial charge in [-0.2, -0.15) is 0 Å². The van der Waals surface area contributed by atoms with Crippen molar-refractivity contribution in [3.8, 4) is 29.4 Å². The Kier molecular flexibility index (Phi) is 14.1. The summed E-state index contributed by atoms with van der Waals surface area (Å²) in [4.78, 5) is 83.3. The molecule has 0 saturated carbocycles. The summed E-state index contributed by atoms with van der Waals surface area (Å²) in [6, 6.07) is 30.6. The smallest absolute Gasteiger partial charge is 0.270 e. The first-order chi connectivity index (χ1) is 35.7. The van der Waals surface area contributed by atoms with Crippen LogP contribution in [0.1, 0.15) is 98.3 Å². The lowest BCUT2D eigenvalue weighted by molar-refractivity contribution is -0.134. The van der Waals surface area contributed by atoms with E-state index in [2.05, 4.69) is 54.7 Å². The van der Waals surface area contributed by atoms with Crippen LogP contribution in [-0.4, -0.2) is 89.1 Å². The van der Waals surface area contributed by atoms with Crippen molar-refractivity contribution in [3.63, 3.8) is 0 Å². The summed E-state index contributed by atoms with van der Waals surface area (Å²) in [7, 11) is 0. The van der Waals surface area contributed by atoms with Crippen molar-refractivity contribution in [2.75, 3.05) is 19.7 Å². The Balaban J connectivity index is 0.837. The molecule has 4 N–H and O–H groups in total. The molecule has 2 unspecified atom stereocenters. The Bertz CT molecular complexity index is 3220. The van der Waals surface area contributed by atoms with Crippen LogP contribution in [0.5, 0.6) is 5.75 Å². The van der Waals surface area contributed by atoms with Gasteiger partial charge in [-0.25, -0.2) is 9.97 Å². The third kappa shape index (κ3) is 10.4. The molecule has 0 fully saturated rings. The first kappa shape index (κ1) is 47.7. The molecule has 16 nitrogen and oxygen atoms in total. The van der Waals surface area contributed by atoms with Crippen LogP contribution >= 0.6 is 0 Å². The number of carbonyl (C=O) groups excluding carboxylic acids is 4. The maximum atomic E-state index is 14.4. The standard InChI is InChI=1S/C57H52N10O6/c1-3-5-25-67(57(71)53(37-18-10-7-11-19-37)65-55(69)43-21-13-15-23-59-43)33-49-61-31-45(63-49)39-27-41-35-72-46-28-38(26-40-34-73-47(29-39)51(41)50(40)46)44-30-60-48(62-44)32-66(24-4-2)56(70)52(36-16-8-6-9-17-36)64-54(68)42-20-12-14-22-58-42/h1,6-23,26-31,47,51-53H,4-5,24-25,32-35H2,2H3,(H,60,62)(H,61,63)(H,64,68)(H,65,69)/t47?,51?,52-,53-/m1/s1. The Morgan fingerprint density at radius 2 is 1.30 bits per heavy atom. The van der Waals surface area contributed by atoms with Crippen molar-refractivity contribution in [1.29, 1.82) is 0 Å². The number of imidazole rings is 2. The van der Waals surface area contributed by atoms with E-state index in [4.69, 9.17) is 25.9 Å². The van der Waals surface area contributed by atoms with Crippen molar-refractivity contribution < 1.29 is 28.7 Å². The van der Waals surface area contributed by atoms with Crippen LogP contribution in [0.15, 0.2) is 152 Å². The SMILES string of the molecule is C#CCCN(Cc1ncc(C2=CC3OCc4cc(-c5cnc(CN(CCC)C(=O)[C@H](NC(=O)c6ccccn6)c6ccccc6)[nH]5)cc5c4C3C(=C2)CO5)[nH]1)C(=O)[C@H](NC(=O)c1ccccn1)c1ccccc1. The Labute approximate surface area is 422 Å². The molecule has 2 aliphatic heterocycles. The highest BCUT2D eigenvalue weighted by atomic mass is 16.5. The second-order valence-electron chi connectivity index (χ2n) is 18.0. The molecule has 6 heterocycles. The average Bonchev–Trinajstić information content (AvgIpc) is 4.12. The summed E-state index contributed by atoms with van der Waals surface area (Å²) in [5.41, 5.74) is 8.13. The number of rotatable bonds is 18. The van der Waals surface area contributed by atoms with Gasteiger partial charge in [-0.3, -0.25) is 29.1 Å². The number of ether oxygens (including phenoxy) is 2. The predicted molar refractivity (Wildman–Crippen MR) is 272 cm³/mol. The molecule has 16 heteroatoms. The largest absolute Gasteiger partial charge is 0.489 e. The molecule has 0 spiro atoms. The van der Waals surface area contributed by atoms with Gasteiger partial charge in [0.25, 0.3) is 11.8 Å². The summed E-state index contributed by atoms with van der Waals surface area (Å²) < 4.78 is 13.1. The molecule has 73 heavy (non-hydrogen) atoms. The monoisotopic (exact) mass is 972 g/mol. The second kappa shape index (κ2) is 21.6. The number of pyridine rings is 2. The maximum Gasteiger partial charge on any atom is 0.270 e. The molecule has 10 rings (SSSR count). The highest BCUT2D eigenvalue weighted by molar-refractivity contribution is 5.97. The molecule has 1 aliphatic carbocycles. The number of benzene rings is 3. The summed E-state index contributed by atoms with van der Waals surface area (Å²) in [6.07, 6.45) is 17.2. The van der Waals surface area contributed by atoms with Crippen LogP contribution in [0, 0.1) is 12.3 Å². The Morgan fingerprint density at radius 3 is 1.88 bits per heavy atom. The highest BCUT2D eigenvalue weighted by Crippen LogP contribution is 2.50. The maximum absolute atomic E-state index is 14.4. The lowest BCUT2D eigenvalue weighted by atomic mass is 9.75. The first-order valence-corrected chi connectivity index (χ1v) is 24.2. The minimum absolute atomic E-state index is 0.0533. The number of amides is 4. The molecule has 0 radical (unpaired) electrons. The molecule has 0 saturated heterocycles. The minimum Gasteiger partial charge on any atom is -0.489 e. The third-order valence-corrected chi connectivity index (χ3v) is 13.1. The number of nitrogens with zero attached hydrogens (tertiary/aromatic N) is 6. The fourth-order valence-electron chi connectivity index (χ4n) is 9.57. The highest BCUT2D eigenvalue weighted by Gasteiger charge is 2.41. The zero-order valence-electron chi connectivity index (χ0n) is 40.0. The fourth-order valence-corrected chi connectivity index (χ4v) is 9.57. The Morgan fingerprint density at radius 1 is 0.726 bits per heavy atom. The number of nitrogens with one attached hydrogen (secondary N) is 4. The molecule has 366 valence electrons. The van der Waals surface area contributed by atoms with E-state index in [0.717, 1.165) is 45.0 Å². The molecule has 4 aromatic heterocycles.